The van der Waals surface area contributed by atoms with Gasteiger partial charge in [0.05, 0.1) is 42.1 Å². The molecule has 0 bridgehead atoms. The molecule has 15 nitrogen and oxygen atoms in total. The predicted octanol–water partition coefficient (Wildman–Crippen LogP) is 7.96. The Morgan fingerprint density at radius 1 is 0.925 bits per heavy atom. The van der Waals surface area contributed by atoms with Crippen LogP contribution in [0, 0.1) is 44.1 Å². The standard InChI is InChI=1S/C38H46N6O9/c1-8-34(45)51-16-12-10-14-43(15-11-13-17-52-35(46)9-2)31-22-32(53-36(47)18-26(3)23-38(4,5)6)30(21-33(31)50-7)41-42-37-27(24-39)19-29(44(48)49)20-28(37)25-40/h8-9,19-22,26H,1-2,10-18,23H2,3-7H3/b42-41+. The van der Waals surface area contributed by atoms with Gasteiger partial charge in [-0.3, -0.25) is 14.9 Å². The monoisotopic (exact) mass is 730 g/mol. The fourth-order valence-corrected chi connectivity index (χ4v) is 5.41. The second kappa shape index (κ2) is 21.3. The number of non-ortho nitro benzene ring substituents is 1. The zero-order valence-corrected chi connectivity index (χ0v) is 30.9. The zero-order chi connectivity index (χ0) is 39.6. The molecular formula is C38H46N6O9. The van der Waals surface area contributed by atoms with Crippen molar-refractivity contribution >= 4 is 40.7 Å². The third kappa shape index (κ3) is 14.6. The van der Waals surface area contributed by atoms with Crippen molar-refractivity contribution in [3.05, 3.63) is 70.8 Å². The van der Waals surface area contributed by atoms with Crippen LogP contribution >= 0.6 is 0 Å². The third-order valence-electron chi connectivity index (χ3n) is 7.57. The van der Waals surface area contributed by atoms with Gasteiger partial charge in [0, 0.05) is 55.9 Å². The summed E-state index contributed by atoms with van der Waals surface area (Å²) in [5, 5.41) is 39.2. The molecule has 2 aromatic carbocycles. The number of nitriles is 2. The van der Waals surface area contributed by atoms with Gasteiger partial charge in [-0.2, -0.15) is 10.5 Å². The summed E-state index contributed by atoms with van der Waals surface area (Å²) in [5.74, 6) is -1.25. The molecule has 1 unspecified atom stereocenters. The first-order valence-electron chi connectivity index (χ1n) is 17.0. The van der Waals surface area contributed by atoms with E-state index in [4.69, 9.17) is 18.9 Å². The molecule has 0 radical (unpaired) electrons. The minimum Gasteiger partial charge on any atom is -0.494 e. The highest BCUT2D eigenvalue weighted by atomic mass is 16.6. The molecule has 282 valence electrons. The molecule has 0 heterocycles. The number of nitro groups is 1. The smallest absolute Gasteiger partial charge is 0.330 e. The van der Waals surface area contributed by atoms with E-state index < -0.39 is 28.5 Å². The van der Waals surface area contributed by atoms with Gasteiger partial charge in [0.2, 0.25) is 0 Å². The fraction of sp³-hybridized carbons (Fsp3) is 0.447. The predicted molar refractivity (Wildman–Crippen MR) is 196 cm³/mol. The first-order valence-corrected chi connectivity index (χ1v) is 17.0. The van der Waals surface area contributed by atoms with Crippen LogP contribution in [0.1, 0.15) is 77.3 Å². The van der Waals surface area contributed by atoms with Crippen LogP contribution < -0.4 is 14.4 Å². The van der Waals surface area contributed by atoms with Crippen LogP contribution in [-0.2, 0) is 23.9 Å². The average molecular weight is 731 g/mol. The van der Waals surface area contributed by atoms with E-state index in [0.29, 0.717) is 50.2 Å². The van der Waals surface area contributed by atoms with Crippen molar-refractivity contribution in [1.29, 1.82) is 10.5 Å². The van der Waals surface area contributed by atoms with Crippen LogP contribution in [0.5, 0.6) is 11.5 Å². The Hall–Kier alpha value is -6.09. The maximum Gasteiger partial charge on any atom is 0.330 e. The van der Waals surface area contributed by atoms with E-state index in [0.717, 1.165) is 30.7 Å². The van der Waals surface area contributed by atoms with Crippen LogP contribution in [0.15, 0.2) is 59.8 Å². The Kier molecular flexibility index (Phi) is 17.3. The summed E-state index contributed by atoms with van der Waals surface area (Å²) >= 11 is 0. The number of hydrogen-bond acceptors (Lipinski definition) is 14. The Bertz CT molecular complexity index is 1700. The third-order valence-corrected chi connectivity index (χ3v) is 7.57. The molecule has 2 rings (SSSR count). The highest BCUT2D eigenvalue weighted by Gasteiger charge is 2.23. The van der Waals surface area contributed by atoms with Gasteiger partial charge >= 0.3 is 17.9 Å². The molecule has 0 N–H and O–H groups in total. The number of azo groups is 1. The number of anilines is 1. The topological polar surface area (TPSA) is 207 Å². The van der Waals surface area contributed by atoms with Crippen LogP contribution in [0.25, 0.3) is 0 Å². The van der Waals surface area contributed by atoms with Crippen LogP contribution in [0.4, 0.5) is 22.7 Å². The SMILES string of the molecule is C=CC(=O)OCCCCN(CCCCOC(=O)C=C)c1cc(OC(=O)CC(C)CC(C)(C)C)c(/N=N/c2c(C#N)cc([N+](=O)[O-])cc2C#N)cc1OC. The molecule has 2 aromatic rings. The van der Waals surface area contributed by atoms with Crippen molar-refractivity contribution in [3.63, 3.8) is 0 Å². The molecule has 0 spiro atoms. The van der Waals surface area contributed by atoms with Gasteiger partial charge in [0.1, 0.15) is 29.3 Å². The first kappa shape index (κ1) is 43.1. The quantitative estimate of drug-likeness (QED) is 0.0228. The van der Waals surface area contributed by atoms with E-state index in [1.54, 1.807) is 6.07 Å². The van der Waals surface area contributed by atoms with E-state index in [-0.39, 0.29) is 59.2 Å². The van der Waals surface area contributed by atoms with Gasteiger partial charge in [-0.15, -0.1) is 10.2 Å². The zero-order valence-electron chi connectivity index (χ0n) is 30.9. The van der Waals surface area contributed by atoms with Crippen molar-refractivity contribution in [2.45, 2.75) is 66.2 Å². The number of methoxy groups -OCH3 is 1. The molecule has 0 fully saturated rings. The number of ether oxygens (including phenoxy) is 4. The summed E-state index contributed by atoms with van der Waals surface area (Å²) in [6.45, 7) is 16.3. The summed E-state index contributed by atoms with van der Waals surface area (Å²) in [6, 6.07) is 8.70. The number of nitrogens with zero attached hydrogens (tertiary/aromatic N) is 6. The minimum atomic E-state index is -0.724. The van der Waals surface area contributed by atoms with Gasteiger partial charge in [-0.05, 0) is 43.4 Å². The highest BCUT2D eigenvalue weighted by molar-refractivity contribution is 5.81. The lowest BCUT2D eigenvalue weighted by molar-refractivity contribution is -0.384. The van der Waals surface area contributed by atoms with Crippen molar-refractivity contribution in [1.82, 2.24) is 0 Å². The number of nitro benzene ring substituents is 1. The Balaban J connectivity index is 2.62. The Labute approximate surface area is 309 Å². The Morgan fingerprint density at radius 2 is 1.47 bits per heavy atom. The van der Waals surface area contributed by atoms with Crippen LogP contribution in [-0.4, -0.2) is 56.2 Å². The van der Waals surface area contributed by atoms with E-state index in [1.807, 2.05) is 24.0 Å². The van der Waals surface area contributed by atoms with E-state index in [2.05, 4.69) is 44.2 Å². The molecule has 0 amide bonds. The number of carbonyl (C=O) groups is 3. The van der Waals surface area contributed by atoms with Crippen molar-refractivity contribution < 1.29 is 38.3 Å². The van der Waals surface area contributed by atoms with Gasteiger partial charge in [-0.1, -0.05) is 40.9 Å². The molecule has 15 heteroatoms. The van der Waals surface area contributed by atoms with Crippen molar-refractivity contribution in [2.75, 3.05) is 38.3 Å². The Morgan fingerprint density at radius 3 is 1.92 bits per heavy atom. The largest absolute Gasteiger partial charge is 0.494 e. The lowest BCUT2D eigenvalue weighted by Crippen LogP contribution is -2.27. The normalized spacial score (nSPS) is 11.5. The maximum absolute atomic E-state index is 13.3. The number of unbranched alkanes of at least 4 members (excludes halogenated alkanes) is 2. The summed E-state index contributed by atoms with van der Waals surface area (Å²) in [5.41, 5.74) is -0.615. The molecule has 0 saturated heterocycles. The van der Waals surface area contributed by atoms with Gasteiger partial charge in [0.25, 0.3) is 5.69 Å². The number of carbonyl (C=O) groups excluding carboxylic acids is 3. The summed E-state index contributed by atoms with van der Waals surface area (Å²) in [4.78, 5) is 49.0. The van der Waals surface area contributed by atoms with E-state index >= 15 is 0 Å². The van der Waals surface area contributed by atoms with Crippen molar-refractivity contribution in [3.8, 4) is 23.6 Å². The van der Waals surface area contributed by atoms with E-state index in [1.165, 1.54) is 13.2 Å². The van der Waals surface area contributed by atoms with Crippen LogP contribution in [0.3, 0.4) is 0 Å². The van der Waals surface area contributed by atoms with Crippen molar-refractivity contribution in [2.24, 2.45) is 21.6 Å². The summed E-state index contributed by atoms with van der Waals surface area (Å²) in [6.07, 6.45) is 5.29. The van der Waals surface area contributed by atoms with Gasteiger partial charge in [0.15, 0.2) is 5.75 Å². The highest BCUT2D eigenvalue weighted by Crippen LogP contribution is 2.42. The molecule has 53 heavy (non-hydrogen) atoms. The molecule has 0 aliphatic rings. The molecular weight excluding hydrogens is 684 g/mol. The molecule has 1 atom stereocenters. The number of hydrogen-bond donors (Lipinski definition) is 0. The average Bonchev–Trinajstić information content (AvgIpc) is 3.11. The van der Waals surface area contributed by atoms with E-state index in [9.17, 15) is 35.0 Å². The number of esters is 3. The summed E-state index contributed by atoms with van der Waals surface area (Å²) < 4.78 is 21.9. The minimum absolute atomic E-state index is 0.0105. The van der Waals surface area contributed by atoms with Gasteiger partial charge < -0.3 is 23.8 Å². The summed E-state index contributed by atoms with van der Waals surface area (Å²) in [7, 11) is 1.44. The second-order valence-corrected chi connectivity index (χ2v) is 13.3. The fourth-order valence-electron chi connectivity index (χ4n) is 5.41. The lowest BCUT2D eigenvalue weighted by atomic mass is 9.84. The van der Waals surface area contributed by atoms with Gasteiger partial charge in [-0.25, -0.2) is 9.59 Å². The molecule has 0 aliphatic heterocycles. The first-order chi connectivity index (χ1) is 25.2. The molecule has 0 aliphatic carbocycles. The second-order valence-electron chi connectivity index (χ2n) is 13.3. The number of benzene rings is 2. The van der Waals surface area contributed by atoms with Crippen LogP contribution in [0.2, 0.25) is 0 Å². The maximum atomic E-state index is 13.3. The number of rotatable bonds is 21. The lowest BCUT2D eigenvalue weighted by Gasteiger charge is -2.27. The molecule has 0 saturated carbocycles. The molecule has 0 aromatic heterocycles.